The fourth-order valence-electron chi connectivity index (χ4n) is 2.68. The molecule has 0 spiro atoms. The number of fused-ring (bicyclic) bond motifs is 1. The summed E-state index contributed by atoms with van der Waals surface area (Å²) in [7, 11) is 2.07. The summed E-state index contributed by atoms with van der Waals surface area (Å²) < 4.78 is 7.85. The summed E-state index contributed by atoms with van der Waals surface area (Å²) >= 11 is 0. The quantitative estimate of drug-likeness (QED) is 0.896. The summed E-state index contributed by atoms with van der Waals surface area (Å²) in [6.45, 7) is 1.43. The number of nitrogens with two attached hydrogens (primary N) is 1. The smallest absolute Gasteiger partial charge is 0.112 e. The summed E-state index contributed by atoms with van der Waals surface area (Å²) in [4.78, 5) is 4.75. The minimum Gasteiger partial charge on any atom is -0.378 e. The van der Waals surface area contributed by atoms with Crippen LogP contribution in [0.15, 0.2) is 18.2 Å². The van der Waals surface area contributed by atoms with Crippen LogP contribution in [0, 0.1) is 0 Å². The first-order chi connectivity index (χ1) is 8.79. The lowest BCUT2D eigenvalue weighted by molar-refractivity contribution is 0.109. The van der Waals surface area contributed by atoms with Gasteiger partial charge in [-0.15, -0.1) is 0 Å². The minimum atomic E-state index is 0.335. The Balaban J connectivity index is 1.99. The zero-order valence-electron chi connectivity index (χ0n) is 10.7. The van der Waals surface area contributed by atoms with Crippen molar-refractivity contribution in [1.29, 1.82) is 0 Å². The van der Waals surface area contributed by atoms with Crippen molar-refractivity contribution in [2.45, 2.75) is 31.9 Å². The van der Waals surface area contributed by atoms with Crippen LogP contribution in [-0.2, 0) is 24.8 Å². The average Bonchev–Trinajstić information content (AvgIpc) is 3.00. The summed E-state index contributed by atoms with van der Waals surface area (Å²) in [5.74, 6) is 1.10. The Morgan fingerprint density at radius 3 is 3.11 bits per heavy atom. The number of rotatable bonds is 3. The van der Waals surface area contributed by atoms with E-state index in [0.29, 0.717) is 12.6 Å². The highest BCUT2D eigenvalue weighted by Crippen LogP contribution is 2.22. The van der Waals surface area contributed by atoms with Crippen molar-refractivity contribution in [2.24, 2.45) is 12.8 Å². The Labute approximate surface area is 107 Å². The Kier molecular flexibility index (Phi) is 3.06. The summed E-state index contributed by atoms with van der Waals surface area (Å²) in [5.41, 5.74) is 9.07. The van der Waals surface area contributed by atoms with E-state index in [-0.39, 0.29) is 0 Å². The first-order valence-electron chi connectivity index (χ1n) is 6.54. The number of para-hydroxylation sites is 1. The third kappa shape index (κ3) is 1.91. The summed E-state index contributed by atoms with van der Waals surface area (Å²) in [5, 5.41) is 0. The van der Waals surface area contributed by atoms with E-state index < -0.39 is 0 Å². The highest BCUT2D eigenvalue weighted by Gasteiger charge is 2.19. The maximum Gasteiger partial charge on any atom is 0.112 e. The lowest BCUT2D eigenvalue weighted by Gasteiger charge is -2.08. The van der Waals surface area contributed by atoms with Gasteiger partial charge in [-0.2, -0.15) is 0 Å². The Hall–Kier alpha value is -1.39. The van der Waals surface area contributed by atoms with Crippen LogP contribution in [0.25, 0.3) is 11.0 Å². The predicted octanol–water partition coefficient (Wildman–Crippen LogP) is 1.75. The molecular weight excluding hydrogens is 226 g/mol. The standard InChI is InChI=1S/C14H19N3O/c1-17-12-6-2-4-10(9-15)14(12)16-13(17)8-11-5-3-7-18-11/h2,4,6,11H,3,5,7-9,15H2,1H3. The molecule has 4 nitrogen and oxygen atoms in total. The zero-order valence-corrected chi connectivity index (χ0v) is 10.7. The molecule has 1 atom stereocenters. The van der Waals surface area contributed by atoms with Crippen molar-refractivity contribution in [1.82, 2.24) is 9.55 Å². The maximum absolute atomic E-state index is 5.76. The molecule has 1 fully saturated rings. The molecule has 1 aromatic heterocycles. The summed E-state index contributed by atoms with van der Waals surface area (Å²) in [6, 6.07) is 6.19. The number of benzene rings is 1. The molecule has 2 aromatic rings. The number of nitrogens with zero attached hydrogens (tertiary/aromatic N) is 2. The van der Waals surface area contributed by atoms with E-state index in [4.69, 9.17) is 15.5 Å². The molecule has 96 valence electrons. The third-order valence-corrected chi connectivity index (χ3v) is 3.74. The molecule has 0 bridgehead atoms. The van der Waals surface area contributed by atoms with Crippen LogP contribution in [0.3, 0.4) is 0 Å². The van der Waals surface area contributed by atoms with Crippen molar-refractivity contribution in [3.8, 4) is 0 Å². The van der Waals surface area contributed by atoms with E-state index in [9.17, 15) is 0 Å². The zero-order chi connectivity index (χ0) is 12.5. The topological polar surface area (TPSA) is 53.1 Å². The fraction of sp³-hybridized carbons (Fsp3) is 0.500. The molecule has 0 saturated carbocycles. The Morgan fingerprint density at radius 2 is 2.39 bits per heavy atom. The van der Waals surface area contributed by atoms with Crippen LogP contribution >= 0.6 is 0 Å². The van der Waals surface area contributed by atoms with Gasteiger partial charge >= 0.3 is 0 Å². The third-order valence-electron chi connectivity index (χ3n) is 3.74. The van der Waals surface area contributed by atoms with Gasteiger partial charge in [-0.3, -0.25) is 0 Å². The van der Waals surface area contributed by atoms with Crippen LogP contribution < -0.4 is 5.73 Å². The Bertz CT molecular complexity index is 555. The summed E-state index contributed by atoms with van der Waals surface area (Å²) in [6.07, 6.45) is 3.55. The first-order valence-corrected chi connectivity index (χ1v) is 6.54. The minimum absolute atomic E-state index is 0.335. The molecule has 2 N–H and O–H groups in total. The number of aromatic nitrogens is 2. The van der Waals surface area contributed by atoms with Crippen molar-refractivity contribution in [2.75, 3.05) is 6.61 Å². The van der Waals surface area contributed by atoms with E-state index in [0.717, 1.165) is 41.9 Å². The van der Waals surface area contributed by atoms with Gasteiger partial charge < -0.3 is 15.0 Å². The SMILES string of the molecule is Cn1c(CC2CCCO2)nc2c(CN)cccc21. The molecule has 2 heterocycles. The molecule has 0 aliphatic carbocycles. The van der Waals surface area contributed by atoms with E-state index >= 15 is 0 Å². The predicted molar refractivity (Wildman–Crippen MR) is 71.3 cm³/mol. The molecule has 0 radical (unpaired) electrons. The Morgan fingerprint density at radius 1 is 1.50 bits per heavy atom. The van der Waals surface area contributed by atoms with Crippen molar-refractivity contribution in [3.05, 3.63) is 29.6 Å². The highest BCUT2D eigenvalue weighted by atomic mass is 16.5. The van der Waals surface area contributed by atoms with Crippen LogP contribution in [-0.4, -0.2) is 22.3 Å². The number of hydrogen-bond donors (Lipinski definition) is 1. The fourth-order valence-corrected chi connectivity index (χ4v) is 2.68. The first kappa shape index (κ1) is 11.7. The van der Waals surface area contributed by atoms with E-state index in [1.807, 2.05) is 12.1 Å². The van der Waals surface area contributed by atoms with Crippen LogP contribution in [0.2, 0.25) is 0 Å². The lowest BCUT2D eigenvalue weighted by atomic mass is 10.2. The monoisotopic (exact) mass is 245 g/mol. The molecule has 1 aliphatic rings. The second kappa shape index (κ2) is 4.71. The maximum atomic E-state index is 5.76. The second-order valence-corrected chi connectivity index (χ2v) is 4.92. The molecule has 3 rings (SSSR count). The molecule has 1 aliphatic heterocycles. The molecular formula is C14H19N3O. The molecule has 1 unspecified atom stereocenters. The molecule has 4 heteroatoms. The average molecular weight is 245 g/mol. The van der Waals surface area contributed by atoms with Gasteiger partial charge in [0.1, 0.15) is 5.82 Å². The van der Waals surface area contributed by atoms with Gasteiger partial charge in [0.2, 0.25) is 0 Å². The van der Waals surface area contributed by atoms with Gasteiger partial charge in [0.15, 0.2) is 0 Å². The van der Waals surface area contributed by atoms with Gasteiger partial charge in [-0.25, -0.2) is 4.98 Å². The molecule has 18 heavy (non-hydrogen) atoms. The van der Waals surface area contributed by atoms with Gasteiger partial charge in [-0.05, 0) is 24.5 Å². The molecule has 1 saturated heterocycles. The number of hydrogen-bond acceptors (Lipinski definition) is 3. The normalized spacial score (nSPS) is 19.8. The van der Waals surface area contributed by atoms with Crippen LogP contribution in [0.5, 0.6) is 0 Å². The number of ether oxygens (including phenoxy) is 1. The van der Waals surface area contributed by atoms with Crippen molar-refractivity contribution in [3.63, 3.8) is 0 Å². The largest absolute Gasteiger partial charge is 0.378 e. The van der Waals surface area contributed by atoms with E-state index in [1.165, 1.54) is 6.42 Å². The number of aryl methyl sites for hydroxylation is 1. The molecule has 0 amide bonds. The van der Waals surface area contributed by atoms with E-state index in [1.54, 1.807) is 0 Å². The van der Waals surface area contributed by atoms with Gasteiger partial charge in [0.25, 0.3) is 0 Å². The highest BCUT2D eigenvalue weighted by molar-refractivity contribution is 5.79. The van der Waals surface area contributed by atoms with Crippen molar-refractivity contribution >= 4 is 11.0 Å². The molecule has 1 aromatic carbocycles. The van der Waals surface area contributed by atoms with Gasteiger partial charge in [-0.1, -0.05) is 12.1 Å². The van der Waals surface area contributed by atoms with Gasteiger partial charge in [0.05, 0.1) is 17.1 Å². The lowest BCUT2D eigenvalue weighted by Crippen LogP contribution is -2.12. The number of imidazole rings is 1. The van der Waals surface area contributed by atoms with Crippen molar-refractivity contribution < 1.29 is 4.74 Å². The van der Waals surface area contributed by atoms with Crippen LogP contribution in [0.4, 0.5) is 0 Å². The van der Waals surface area contributed by atoms with Crippen LogP contribution in [0.1, 0.15) is 24.2 Å². The van der Waals surface area contributed by atoms with Gasteiger partial charge in [0, 0.05) is 26.6 Å². The second-order valence-electron chi connectivity index (χ2n) is 4.92. The van der Waals surface area contributed by atoms with E-state index in [2.05, 4.69) is 17.7 Å².